The van der Waals surface area contributed by atoms with Crippen molar-refractivity contribution in [2.45, 2.75) is 19.9 Å². The summed E-state index contributed by atoms with van der Waals surface area (Å²) >= 11 is 0. The number of aromatic nitrogens is 2. The van der Waals surface area contributed by atoms with Gasteiger partial charge in [-0.2, -0.15) is 10.4 Å². The summed E-state index contributed by atoms with van der Waals surface area (Å²) in [4.78, 5) is 12.4. The molecule has 4 rings (SSSR count). The van der Waals surface area contributed by atoms with Gasteiger partial charge in [0.15, 0.2) is 5.82 Å². The Kier molecular flexibility index (Phi) is 6.38. The van der Waals surface area contributed by atoms with Gasteiger partial charge in [0.25, 0.3) is 0 Å². The lowest BCUT2D eigenvalue weighted by Crippen LogP contribution is -2.44. The van der Waals surface area contributed by atoms with Gasteiger partial charge in [0, 0.05) is 17.7 Å². The maximum Gasteiger partial charge on any atom is 0.229 e. The van der Waals surface area contributed by atoms with Crippen LogP contribution in [0.3, 0.4) is 0 Å². The Balaban J connectivity index is 1.29. The van der Waals surface area contributed by atoms with E-state index in [1.807, 2.05) is 24.3 Å². The quantitative estimate of drug-likeness (QED) is 0.563. The van der Waals surface area contributed by atoms with Gasteiger partial charge in [0.1, 0.15) is 29.0 Å². The van der Waals surface area contributed by atoms with Gasteiger partial charge in [0.05, 0.1) is 32.8 Å². The van der Waals surface area contributed by atoms with Crippen LogP contribution >= 0.6 is 0 Å². The lowest BCUT2D eigenvalue weighted by molar-refractivity contribution is -0.120. The monoisotopic (exact) mass is 452 g/mol. The number of anilines is 1. The molecule has 0 atom stereocenters. The summed E-state index contributed by atoms with van der Waals surface area (Å²) in [6.45, 7) is 4.17. The molecule has 0 unspecified atom stereocenters. The first kappa shape index (κ1) is 22.4. The summed E-state index contributed by atoms with van der Waals surface area (Å²) in [5, 5.41) is 15.7. The molecule has 7 nitrogen and oxygen atoms in total. The molecule has 33 heavy (non-hydrogen) atoms. The second-order valence-corrected chi connectivity index (χ2v) is 8.41. The van der Waals surface area contributed by atoms with Crippen molar-refractivity contribution in [1.29, 1.82) is 5.26 Å². The molecule has 1 saturated heterocycles. The SMILES string of the molecule is CC1(COc2ccc(CC(=O)Nc3ccn(Cc4cc(F)c(C#N)c(F)c4)n3)cc2)COC1. The van der Waals surface area contributed by atoms with Gasteiger partial charge in [-0.3, -0.25) is 9.48 Å². The van der Waals surface area contributed by atoms with E-state index in [9.17, 15) is 13.6 Å². The third-order valence-corrected chi connectivity index (χ3v) is 5.24. The molecule has 9 heteroatoms. The highest BCUT2D eigenvalue weighted by Crippen LogP contribution is 2.27. The number of nitriles is 1. The van der Waals surface area contributed by atoms with Crippen molar-refractivity contribution in [3.05, 3.63) is 77.0 Å². The van der Waals surface area contributed by atoms with E-state index in [1.165, 1.54) is 10.8 Å². The normalized spacial score (nSPS) is 14.2. The summed E-state index contributed by atoms with van der Waals surface area (Å²) in [5.74, 6) is -1.03. The number of nitrogens with one attached hydrogen (secondary N) is 1. The molecular formula is C24H22F2N4O3. The fourth-order valence-corrected chi connectivity index (χ4v) is 3.39. The Hall–Kier alpha value is -3.77. The van der Waals surface area contributed by atoms with Gasteiger partial charge >= 0.3 is 0 Å². The molecule has 1 aliphatic heterocycles. The van der Waals surface area contributed by atoms with E-state index in [0.717, 1.165) is 23.4 Å². The van der Waals surface area contributed by atoms with Gasteiger partial charge in [-0.15, -0.1) is 0 Å². The highest BCUT2D eigenvalue weighted by atomic mass is 19.1. The summed E-state index contributed by atoms with van der Waals surface area (Å²) < 4.78 is 40.0. The van der Waals surface area contributed by atoms with Crippen LogP contribution in [-0.4, -0.2) is 35.5 Å². The number of carbonyl (C=O) groups excluding carboxylic acids is 1. The minimum Gasteiger partial charge on any atom is -0.493 e. The zero-order valence-electron chi connectivity index (χ0n) is 18.0. The average molecular weight is 452 g/mol. The Morgan fingerprint density at radius 1 is 1.21 bits per heavy atom. The molecule has 1 aliphatic rings. The highest BCUT2D eigenvalue weighted by molar-refractivity contribution is 5.91. The number of nitrogens with zero attached hydrogens (tertiary/aromatic N) is 3. The van der Waals surface area contributed by atoms with Crippen LogP contribution in [0.2, 0.25) is 0 Å². The van der Waals surface area contributed by atoms with Crippen LogP contribution in [0, 0.1) is 28.4 Å². The van der Waals surface area contributed by atoms with Crippen LogP contribution < -0.4 is 10.1 Å². The van der Waals surface area contributed by atoms with Crippen LogP contribution in [0.25, 0.3) is 0 Å². The van der Waals surface area contributed by atoms with Crippen LogP contribution in [0.4, 0.5) is 14.6 Å². The standard InChI is InChI=1S/C24H22F2N4O3/c1-24(13-32-14-24)15-33-18-4-2-16(3-5-18)10-23(31)28-22-6-7-30(29-22)12-17-8-20(25)19(11-27)21(26)9-17/h2-9H,10,12-15H2,1H3,(H,28,29,31). The average Bonchev–Trinajstić information content (AvgIpc) is 3.18. The van der Waals surface area contributed by atoms with E-state index < -0.39 is 17.2 Å². The fourth-order valence-electron chi connectivity index (χ4n) is 3.39. The lowest BCUT2D eigenvalue weighted by atomic mass is 9.90. The summed E-state index contributed by atoms with van der Waals surface area (Å²) in [7, 11) is 0. The van der Waals surface area contributed by atoms with E-state index in [0.29, 0.717) is 31.2 Å². The smallest absolute Gasteiger partial charge is 0.229 e. The van der Waals surface area contributed by atoms with E-state index >= 15 is 0 Å². The number of amides is 1. The predicted molar refractivity (Wildman–Crippen MR) is 116 cm³/mol. The first-order valence-corrected chi connectivity index (χ1v) is 10.3. The van der Waals surface area contributed by atoms with Gasteiger partial charge < -0.3 is 14.8 Å². The summed E-state index contributed by atoms with van der Waals surface area (Å²) in [6, 6.07) is 12.6. The van der Waals surface area contributed by atoms with Crippen LogP contribution in [-0.2, 0) is 22.5 Å². The predicted octanol–water partition coefficient (Wildman–Crippen LogP) is 3.68. The summed E-state index contributed by atoms with van der Waals surface area (Å²) in [5.41, 5.74) is 0.575. The minimum atomic E-state index is -0.921. The maximum absolute atomic E-state index is 13.8. The Bertz CT molecular complexity index is 1170. The number of hydrogen-bond donors (Lipinski definition) is 1. The highest BCUT2D eigenvalue weighted by Gasteiger charge is 2.34. The van der Waals surface area contributed by atoms with Gasteiger partial charge in [-0.25, -0.2) is 8.78 Å². The molecule has 1 amide bonds. The van der Waals surface area contributed by atoms with E-state index in [-0.39, 0.29) is 24.3 Å². The molecule has 170 valence electrons. The second kappa shape index (κ2) is 9.38. The number of halogens is 2. The summed E-state index contributed by atoms with van der Waals surface area (Å²) in [6.07, 6.45) is 1.74. The number of carbonyl (C=O) groups is 1. The molecule has 3 aromatic rings. The van der Waals surface area contributed by atoms with Gasteiger partial charge in [-0.05, 0) is 35.4 Å². The van der Waals surface area contributed by atoms with Crippen LogP contribution in [0.1, 0.15) is 23.6 Å². The van der Waals surface area contributed by atoms with Crippen LogP contribution in [0.15, 0.2) is 48.7 Å². The van der Waals surface area contributed by atoms with E-state index in [4.69, 9.17) is 14.7 Å². The van der Waals surface area contributed by atoms with Crippen LogP contribution in [0.5, 0.6) is 5.75 Å². The Labute approximate surface area is 189 Å². The van der Waals surface area contributed by atoms with E-state index in [1.54, 1.807) is 12.3 Å². The third-order valence-electron chi connectivity index (χ3n) is 5.24. The molecule has 0 aliphatic carbocycles. The van der Waals surface area contributed by atoms with Crippen molar-refractivity contribution < 1.29 is 23.0 Å². The number of benzene rings is 2. The first-order chi connectivity index (χ1) is 15.8. The minimum absolute atomic E-state index is 0.0599. The molecule has 0 bridgehead atoms. The Morgan fingerprint density at radius 2 is 1.91 bits per heavy atom. The van der Waals surface area contributed by atoms with Gasteiger partial charge in [-0.1, -0.05) is 19.1 Å². The van der Waals surface area contributed by atoms with E-state index in [2.05, 4.69) is 17.3 Å². The molecule has 1 N–H and O–H groups in total. The Morgan fingerprint density at radius 3 is 2.52 bits per heavy atom. The topological polar surface area (TPSA) is 89.2 Å². The van der Waals surface area contributed by atoms with Crippen molar-refractivity contribution in [2.75, 3.05) is 25.1 Å². The third kappa shape index (κ3) is 5.54. The molecule has 1 aromatic heterocycles. The first-order valence-electron chi connectivity index (χ1n) is 10.3. The van der Waals surface area contributed by atoms with Crippen molar-refractivity contribution in [2.24, 2.45) is 5.41 Å². The largest absolute Gasteiger partial charge is 0.493 e. The van der Waals surface area contributed by atoms with Crippen molar-refractivity contribution in [3.8, 4) is 11.8 Å². The van der Waals surface area contributed by atoms with Crippen molar-refractivity contribution in [1.82, 2.24) is 9.78 Å². The molecule has 2 heterocycles. The molecule has 2 aromatic carbocycles. The second-order valence-electron chi connectivity index (χ2n) is 8.41. The molecule has 0 radical (unpaired) electrons. The zero-order valence-corrected chi connectivity index (χ0v) is 18.0. The van der Waals surface area contributed by atoms with Crippen molar-refractivity contribution in [3.63, 3.8) is 0 Å². The fraction of sp³-hybridized carbons (Fsp3) is 0.292. The number of hydrogen-bond acceptors (Lipinski definition) is 5. The van der Waals surface area contributed by atoms with Gasteiger partial charge in [0.2, 0.25) is 5.91 Å². The maximum atomic E-state index is 13.8. The molecule has 0 spiro atoms. The number of ether oxygens (including phenoxy) is 2. The number of rotatable bonds is 8. The molecule has 1 fully saturated rings. The molecule has 0 saturated carbocycles. The zero-order chi connectivity index (χ0) is 23.4. The van der Waals surface area contributed by atoms with Crippen molar-refractivity contribution >= 4 is 11.7 Å². The lowest BCUT2D eigenvalue weighted by Gasteiger charge is -2.37. The molecular weight excluding hydrogens is 430 g/mol.